The van der Waals surface area contributed by atoms with Gasteiger partial charge in [-0.15, -0.1) is 0 Å². The Labute approximate surface area is 156 Å². The van der Waals surface area contributed by atoms with Crippen LogP contribution in [0.3, 0.4) is 0 Å². The summed E-state index contributed by atoms with van der Waals surface area (Å²) in [5.74, 6) is 0.516. The van der Waals surface area contributed by atoms with Crippen LogP contribution in [0, 0.1) is 0 Å². The van der Waals surface area contributed by atoms with E-state index in [9.17, 15) is 13.2 Å². The van der Waals surface area contributed by atoms with Crippen molar-refractivity contribution >= 4 is 0 Å². The Morgan fingerprint density at radius 2 is 1.19 bits per heavy atom. The third-order valence-electron chi connectivity index (χ3n) is 4.38. The number of hydrogen-bond donors (Lipinski definition) is 1. The maximum Gasteiger partial charge on any atom is 0.407 e. The van der Waals surface area contributed by atoms with Gasteiger partial charge in [-0.1, -0.05) is 72.8 Å². The van der Waals surface area contributed by atoms with Gasteiger partial charge in [0.1, 0.15) is 11.8 Å². The number of halogens is 3. The Morgan fingerprint density at radius 3 is 1.59 bits per heavy atom. The van der Waals surface area contributed by atoms with Crippen LogP contribution < -0.4 is 10.1 Å². The highest BCUT2D eigenvalue weighted by atomic mass is 19.4. The molecular formula is C22H20F3NO. The largest absolute Gasteiger partial charge is 0.497 e. The van der Waals surface area contributed by atoms with E-state index in [2.05, 4.69) is 5.32 Å². The van der Waals surface area contributed by atoms with E-state index in [-0.39, 0.29) is 5.56 Å². The molecule has 140 valence electrons. The molecule has 5 heteroatoms. The second-order valence-corrected chi connectivity index (χ2v) is 6.17. The lowest BCUT2D eigenvalue weighted by Gasteiger charge is -2.28. The fraction of sp³-hybridized carbons (Fsp3) is 0.182. The normalized spacial score (nSPS) is 12.8. The van der Waals surface area contributed by atoms with Crippen molar-refractivity contribution < 1.29 is 17.9 Å². The highest BCUT2D eigenvalue weighted by Gasteiger charge is 2.42. The number of methoxy groups -OCH3 is 1. The Morgan fingerprint density at radius 1 is 0.704 bits per heavy atom. The minimum Gasteiger partial charge on any atom is -0.497 e. The van der Waals surface area contributed by atoms with Gasteiger partial charge in [0.15, 0.2) is 0 Å². The molecule has 2 nitrogen and oxygen atoms in total. The Bertz CT molecular complexity index is 793. The first-order chi connectivity index (χ1) is 13.0. The van der Waals surface area contributed by atoms with Crippen molar-refractivity contribution in [2.45, 2.75) is 18.3 Å². The maximum absolute atomic E-state index is 13.9. The van der Waals surface area contributed by atoms with E-state index in [0.29, 0.717) is 5.75 Å². The molecule has 0 saturated carbocycles. The van der Waals surface area contributed by atoms with Crippen molar-refractivity contribution in [3.05, 3.63) is 102 Å². The van der Waals surface area contributed by atoms with Gasteiger partial charge in [0.05, 0.1) is 13.2 Å². The van der Waals surface area contributed by atoms with Crippen LogP contribution in [0.2, 0.25) is 0 Å². The monoisotopic (exact) mass is 371 g/mol. The molecular weight excluding hydrogens is 351 g/mol. The summed E-state index contributed by atoms with van der Waals surface area (Å²) in [5.41, 5.74) is 1.68. The lowest BCUT2D eigenvalue weighted by atomic mass is 9.96. The molecule has 3 aromatic carbocycles. The molecule has 0 aliphatic carbocycles. The average Bonchev–Trinajstić information content (AvgIpc) is 2.69. The first-order valence-electron chi connectivity index (χ1n) is 8.55. The van der Waals surface area contributed by atoms with Crippen LogP contribution in [0.4, 0.5) is 13.2 Å². The van der Waals surface area contributed by atoms with E-state index in [4.69, 9.17) is 4.74 Å². The zero-order chi connectivity index (χ0) is 19.3. The van der Waals surface area contributed by atoms with Crippen LogP contribution in [-0.4, -0.2) is 13.3 Å². The van der Waals surface area contributed by atoms with Crippen LogP contribution in [0.25, 0.3) is 0 Å². The Balaban J connectivity index is 1.99. The fourth-order valence-corrected chi connectivity index (χ4v) is 3.02. The minimum absolute atomic E-state index is 0.139. The van der Waals surface area contributed by atoms with Crippen molar-refractivity contribution in [2.24, 2.45) is 0 Å². The van der Waals surface area contributed by atoms with Gasteiger partial charge in [-0.2, -0.15) is 13.2 Å². The second kappa shape index (κ2) is 8.27. The van der Waals surface area contributed by atoms with E-state index in [1.807, 2.05) is 60.7 Å². The molecule has 27 heavy (non-hydrogen) atoms. The third kappa shape index (κ3) is 4.68. The highest BCUT2D eigenvalue weighted by Crippen LogP contribution is 2.37. The molecule has 0 amide bonds. The van der Waals surface area contributed by atoms with Crippen LogP contribution in [-0.2, 0) is 0 Å². The molecule has 0 aromatic heterocycles. The van der Waals surface area contributed by atoms with Gasteiger partial charge in [-0.3, -0.25) is 5.32 Å². The molecule has 0 saturated heterocycles. The van der Waals surface area contributed by atoms with Gasteiger partial charge in [0.2, 0.25) is 0 Å². The molecule has 0 aliphatic rings. The van der Waals surface area contributed by atoms with Crippen molar-refractivity contribution in [1.29, 1.82) is 0 Å². The van der Waals surface area contributed by atoms with Gasteiger partial charge in [0, 0.05) is 0 Å². The van der Waals surface area contributed by atoms with Crippen molar-refractivity contribution in [3.63, 3.8) is 0 Å². The van der Waals surface area contributed by atoms with Crippen LogP contribution in [0.15, 0.2) is 84.9 Å². The van der Waals surface area contributed by atoms with E-state index < -0.39 is 18.3 Å². The SMILES string of the molecule is COc1ccc(C(NC(c2ccccc2)c2ccccc2)C(F)(F)F)cc1. The molecule has 0 heterocycles. The predicted octanol–water partition coefficient (Wildman–Crippen LogP) is 5.68. The lowest BCUT2D eigenvalue weighted by molar-refractivity contribution is -0.159. The zero-order valence-electron chi connectivity index (χ0n) is 14.8. The molecule has 0 spiro atoms. The number of hydrogen-bond acceptors (Lipinski definition) is 2. The predicted molar refractivity (Wildman–Crippen MR) is 99.7 cm³/mol. The first-order valence-corrected chi connectivity index (χ1v) is 8.55. The number of nitrogens with one attached hydrogen (secondary N) is 1. The number of ether oxygens (including phenoxy) is 1. The third-order valence-corrected chi connectivity index (χ3v) is 4.38. The van der Waals surface area contributed by atoms with E-state index in [0.717, 1.165) is 11.1 Å². The number of alkyl halides is 3. The Hall–Kier alpha value is -2.79. The summed E-state index contributed by atoms with van der Waals surface area (Å²) >= 11 is 0. The highest BCUT2D eigenvalue weighted by molar-refractivity contribution is 5.34. The van der Waals surface area contributed by atoms with Crippen LogP contribution in [0.1, 0.15) is 28.8 Å². The quantitative estimate of drug-likeness (QED) is 0.602. The van der Waals surface area contributed by atoms with Crippen molar-refractivity contribution in [1.82, 2.24) is 5.32 Å². The smallest absolute Gasteiger partial charge is 0.407 e. The molecule has 0 radical (unpaired) electrons. The van der Waals surface area contributed by atoms with Crippen LogP contribution in [0.5, 0.6) is 5.75 Å². The van der Waals surface area contributed by atoms with E-state index in [1.165, 1.54) is 31.4 Å². The van der Waals surface area contributed by atoms with E-state index in [1.54, 1.807) is 0 Å². The maximum atomic E-state index is 13.9. The molecule has 1 unspecified atom stereocenters. The fourth-order valence-electron chi connectivity index (χ4n) is 3.02. The molecule has 1 atom stereocenters. The molecule has 0 bridgehead atoms. The lowest BCUT2D eigenvalue weighted by Crippen LogP contribution is -2.37. The summed E-state index contributed by atoms with van der Waals surface area (Å²) in [5, 5.41) is 2.81. The summed E-state index contributed by atoms with van der Waals surface area (Å²) in [7, 11) is 1.48. The summed E-state index contributed by atoms with van der Waals surface area (Å²) < 4.78 is 46.7. The van der Waals surface area contributed by atoms with Crippen molar-refractivity contribution in [2.75, 3.05) is 7.11 Å². The van der Waals surface area contributed by atoms with Gasteiger partial charge in [-0.25, -0.2) is 0 Å². The van der Waals surface area contributed by atoms with Gasteiger partial charge in [0.25, 0.3) is 0 Å². The molecule has 0 fully saturated rings. The number of rotatable bonds is 6. The molecule has 3 rings (SSSR count). The molecule has 3 aromatic rings. The number of benzene rings is 3. The first kappa shape index (κ1) is 19.0. The average molecular weight is 371 g/mol. The summed E-state index contributed by atoms with van der Waals surface area (Å²) in [6, 6.07) is 21.8. The van der Waals surface area contributed by atoms with Crippen LogP contribution >= 0.6 is 0 Å². The Kier molecular flexibility index (Phi) is 5.81. The van der Waals surface area contributed by atoms with Crippen molar-refractivity contribution in [3.8, 4) is 5.75 Å². The second-order valence-electron chi connectivity index (χ2n) is 6.17. The van der Waals surface area contributed by atoms with Gasteiger partial charge >= 0.3 is 6.18 Å². The standard InChI is InChI=1S/C22H20F3NO/c1-27-19-14-12-18(13-15-19)21(22(23,24)25)26-20(16-8-4-2-5-9-16)17-10-6-3-7-11-17/h2-15,20-21,26H,1H3. The minimum atomic E-state index is -4.45. The topological polar surface area (TPSA) is 21.3 Å². The molecule has 1 N–H and O–H groups in total. The van der Waals surface area contributed by atoms with Gasteiger partial charge in [-0.05, 0) is 28.8 Å². The van der Waals surface area contributed by atoms with E-state index >= 15 is 0 Å². The summed E-state index contributed by atoms with van der Waals surface area (Å²) in [6.07, 6.45) is -4.45. The molecule has 0 aliphatic heterocycles. The van der Waals surface area contributed by atoms with Gasteiger partial charge < -0.3 is 4.74 Å². The summed E-state index contributed by atoms with van der Waals surface area (Å²) in [4.78, 5) is 0. The summed E-state index contributed by atoms with van der Waals surface area (Å²) in [6.45, 7) is 0. The zero-order valence-corrected chi connectivity index (χ0v) is 14.8.